The van der Waals surface area contributed by atoms with Crippen molar-refractivity contribution in [3.05, 3.63) is 77.1 Å². The summed E-state index contributed by atoms with van der Waals surface area (Å²) < 4.78 is 6.58. The summed E-state index contributed by atoms with van der Waals surface area (Å²) >= 11 is 6.55. The molecule has 1 atom stereocenters. The molecule has 1 N–H and O–H groups in total. The molecule has 0 saturated carbocycles. The first kappa shape index (κ1) is 25.2. The van der Waals surface area contributed by atoms with E-state index in [9.17, 15) is 14.4 Å². The van der Waals surface area contributed by atoms with Gasteiger partial charge in [0.1, 0.15) is 0 Å². The Morgan fingerprint density at radius 3 is 2.69 bits per heavy atom. The smallest absolute Gasteiger partial charge is 0.318 e. The molecule has 0 fully saturated rings. The third-order valence-corrected chi connectivity index (χ3v) is 6.28. The number of carbonyl (C=O) groups is 3. The standard InChI is InChI=1S/C26H28ClN5O4/c1-3-36-24(33)11-13-28-26(35)30-17-19-7-4-5-8-23(19)31(16-18(30)2)25(34)21-10-9-20(15-22(21)27)32-14-6-12-29-32/h4-10,12,14-15,18H,3,11,13,16-17H2,1-2H3,(H,28,35)/t18-/m1/s1. The van der Waals surface area contributed by atoms with E-state index in [1.54, 1.807) is 58.1 Å². The van der Waals surface area contributed by atoms with Gasteiger partial charge < -0.3 is 19.9 Å². The number of halogens is 1. The fourth-order valence-corrected chi connectivity index (χ4v) is 4.42. The maximum absolute atomic E-state index is 13.7. The van der Waals surface area contributed by atoms with Crippen LogP contribution in [0.25, 0.3) is 5.69 Å². The summed E-state index contributed by atoms with van der Waals surface area (Å²) in [7, 11) is 0. The molecule has 3 aromatic rings. The van der Waals surface area contributed by atoms with Crippen molar-refractivity contribution < 1.29 is 19.1 Å². The lowest BCUT2D eigenvalue weighted by Crippen LogP contribution is -2.48. The Morgan fingerprint density at radius 1 is 1.17 bits per heavy atom. The second-order valence-corrected chi connectivity index (χ2v) is 8.83. The van der Waals surface area contributed by atoms with Crippen LogP contribution in [0.3, 0.4) is 0 Å². The Morgan fingerprint density at radius 2 is 1.97 bits per heavy atom. The van der Waals surface area contributed by atoms with E-state index in [2.05, 4.69) is 10.4 Å². The number of nitrogens with one attached hydrogen (secondary N) is 1. The lowest BCUT2D eigenvalue weighted by Gasteiger charge is -2.29. The minimum absolute atomic E-state index is 0.0933. The molecule has 0 unspecified atom stereocenters. The zero-order valence-corrected chi connectivity index (χ0v) is 20.9. The van der Waals surface area contributed by atoms with E-state index in [-0.39, 0.29) is 43.5 Å². The molecule has 0 spiro atoms. The highest BCUT2D eigenvalue weighted by atomic mass is 35.5. The van der Waals surface area contributed by atoms with Gasteiger partial charge in [-0.3, -0.25) is 9.59 Å². The van der Waals surface area contributed by atoms with Crippen LogP contribution in [0.2, 0.25) is 5.02 Å². The Kier molecular flexibility index (Phi) is 7.90. The normalized spacial score (nSPS) is 15.1. The quantitative estimate of drug-likeness (QED) is 0.506. The van der Waals surface area contributed by atoms with Gasteiger partial charge in [0.15, 0.2) is 0 Å². The van der Waals surface area contributed by atoms with Crippen LogP contribution >= 0.6 is 11.6 Å². The van der Waals surface area contributed by atoms with Crippen molar-refractivity contribution in [1.29, 1.82) is 0 Å². The summed E-state index contributed by atoms with van der Waals surface area (Å²) in [5.74, 6) is -0.616. The third-order valence-electron chi connectivity index (χ3n) is 5.97. The molecule has 1 aliphatic heterocycles. The van der Waals surface area contributed by atoms with Crippen LogP contribution in [0.4, 0.5) is 10.5 Å². The van der Waals surface area contributed by atoms with Gasteiger partial charge >= 0.3 is 12.0 Å². The average Bonchev–Trinajstić information content (AvgIpc) is 3.36. The zero-order chi connectivity index (χ0) is 25.7. The summed E-state index contributed by atoms with van der Waals surface area (Å²) in [5.41, 5.74) is 2.67. The Bertz CT molecular complexity index is 1250. The van der Waals surface area contributed by atoms with Crippen LogP contribution in [0.15, 0.2) is 60.9 Å². The zero-order valence-electron chi connectivity index (χ0n) is 20.2. The third kappa shape index (κ3) is 5.52. The fraction of sp³-hybridized carbons (Fsp3) is 0.308. The van der Waals surface area contributed by atoms with Crippen molar-refractivity contribution in [2.75, 3.05) is 24.6 Å². The maximum Gasteiger partial charge on any atom is 0.318 e. The van der Waals surface area contributed by atoms with Crippen molar-refractivity contribution in [2.24, 2.45) is 0 Å². The summed E-state index contributed by atoms with van der Waals surface area (Å²) in [6.45, 7) is 4.69. The molecule has 4 rings (SSSR count). The lowest BCUT2D eigenvalue weighted by molar-refractivity contribution is -0.142. The second-order valence-electron chi connectivity index (χ2n) is 8.42. The van der Waals surface area contributed by atoms with E-state index in [0.29, 0.717) is 23.7 Å². The number of para-hydroxylation sites is 1. The number of hydrogen-bond acceptors (Lipinski definition) is 5. The van der Waals surface area contributed by atoms with Gasteiger partial charge in [-0.2, -0.15) is 5.10 Å². The SMILES string of the molecule is CCOC(=O)CCNC(=O)N1Cc2ccccc2N(C(=O)c2ccc(-n3cccn3)cc2Cl)C[C@H]1C. The Balaban J connectivity index is 1.55. The second kappa shape index (κ2) is 11.3. The van der Waals surface area contributed by atoms with Crippen LogP contribution in [0.1, 0.15) is 36.2 Å². The highest BCUT2D eigenvalue weighted by Crippen LogP contribution is 2.30. The van der Waals surface area contributed by atoms with Crippen LogP contribution in [-0.2, 0) is 16.1 Å². The molecule has 1 aromatic heterocycles. The number of benzene rings is 2. The van der Waals surface area contributed by atoms with E-state index in [4.69, 9.17) is 16.3 Å². The molecule has 0 radical (unpaired) electrons. The Hall–Kier alpha value is -3.85. The number of fused-ring (bicyclic) bond motifs is 1. The number of aromatic nitrogens is 2. The number of nitrogens with zero attached hydrogens (tertiary/aromatic N) is 4. The van der Waals surface area contributed by atoms with E-state index in [1.165, 1.54) is 0 Å². The number of amides is 3. The monoisotopic (exact) mass is 509 g/mol. The van der Waals surface area contributed by atoms with Crippen molar-refractivity contribution in [1.82, 2.24) is 20.0 Å². The number of urea groups is 1. The molecule has 9 nitrogen and oxygen atoms in total. The number of anilines is 1. The first-order valence-corrected chi connectivity index (χ1v) is 12.2. The van der Waals surface area contributed by atoms with E-state index < -0.39 is 0 Å². The minimum atomic E-state index is -0.362. The van der Waals surface area contributed by atoms with Gasteiger partial charge in [0.25, 0.3) is 5.91 Å². The molecule has 2 aromatic carbocycles. The van der Waals surface area contributed by atoms with E-state index in [0.717, 1.165) is 16.9 Å². The summed E-state index contributed by atoms with van der Waals surface area (Å²) in [6.07, 6.45) is 3.56. The fourth-order valence-electron chi connectivity index (χ4n) is 4.17. The first-order chi connectivity index (χ1) is 17.4. The molecular formula is C26H28ClN5O4. The highest BCUT2D eigenvalue weighted by Gasteiger charge is 2.32. The summed E-state index contributed by atoms with van der Waals surface area (Å²) in [6, 6.07) is 13.9. The molecule has 0 bridgehead atoms. The van der Waals surface area contributed by atoms with Gasteiger partial charge in [0, 0.05) is 43.8 Å². The molecule has 3 amide bonds. The minimum Gasteiger partial charge on any atom is -0.466 e. The first-order valence-electron chi connectivity index (χ1n) is 11.8. The van der Waals surface area contributed by atoms with Crippen LogP contribution in [0.5, 0.6) is 0 Å². The van der Waals surface area contributed by atoms with Gasteiger partial charge in [0.05, 0.1) is 29.3 Å². The highest BCUT2D eigenvalue weighted by molar-refractivity contribution is 6.34. The van der Waals surface area contributed by atoms with Crippen molar-refractivity contribution in [3.63, 3.8) is 0 Å². The molecular weight excluding hydrogens is 482 g/mol. The maximum atomic E-state index is 13.7. The van der Waals surface area contributed by atoms with Gasteiger partial charge in [-0.1, -0.05) is 29.8 Å². The van der Waals surface area contributed by atoms with E-state index in [1.807, 2.05) is 31.2 Å². The largest absolute Gasteiger partial charge is 0.466 e. The van der Waals surface area contributed by atoms with E-state index >= 15 is 0 Å². The van der Waals surface area contributed by atoms with Crippen molar-refractivity contribution in [2.45, 2.75) is 32.9 Å². The van der Waals surface area contributed by atoms with Gasteiger partial charge in [-0.25, -0.2) is 9.48 Å². The molecule has 0 saturated heterocycles. The van der Waals surface area contributed by atoms with Gasteiger partial charge in [-0.05, 0) is 49.7 Å². The predicted molar refractivity (Wildman–Crippen MR) is 136 cm³/mol. The predicted octanol–water partition coefficient (Wildman–Crippen LogP) is 4.04. The average molecular weight is 510 g/mol. The summed E-state index contributed by atoms with van der Waals surface area (Å²) in [5, 5.41) is 7.31. The molecule has 36 heavy (non-hydrogen) atoms. The van der Waals surface area contributed by atoms with Crippen LogP contribution < -0.4 is 10.2 Å². The molecule has 0 aliphatic carbocycles. The topological polar surface area (TPSA) is 96.8 Å². The number of ether oxygens (including phenoxy) is 1. The van der Waals surface area contributed by atoms with Crippen LogP contribution in [0, 0.1) is 0 Å². The van der Waals surface area contributed by atoms with Crippen molar-refractivity contribution >= 4 is 35.2 Å². The van der Waals surface area contributed by atoms with Gasteiger partial charge in [0.2, 0.25) is 0 Å². The molecule has 10 heteroatoms. The molecule has 188 valence electrons. The molecule has 2 heterocycles. The Labute approximate surface area is 214 Å². The number of carbonyl (C=O) groups excluding carboxylic acids is 3. The number of rotatable bonds is 6. The van der Waals surface area contributed by atoms with Crippen molar-refractivity contribution in [3.8, 4) is 5.69 Å². The molecule has 1 aliphatic rings. The number of esters is 1. The van der Waals surface area contributed by atoms with Crippen LogP contribution in [-0.4, -0.2) is 58.3 Å². The lowest BCUT2D eigenvalue weighted by atomic mass is 10.1. The summed E-state index contributed by atoms with van der Waals surface area (Å²) in [4.78, 5) is 41.6. The number of hydrogen-bond donors (Lipinski definition) is 1. The van der Waals surface area contributed by atoms with Gasteiger partial charge in [-0.15, -0.1) is 0 Å².